The first-order valence-corrected chi connectivity index (χ1v) is 8.78. The topological polar surface area (TPSA) is 61.8 Å². The van der Waals surface area contributed by atoms with Crippen LogP contribution < -0.4 is 4.74 Å². The third-order valence-corrected chi connectivity index (χ3v) is 3.40. The lowest BCUT2D eigenvalue weighted by molar-refractivity contribution is -0.138. The summed E-state index contributed by atoms with van der Waals surface area (Å²) in [5.41, 5.74) is 1.33. The molecular formula is C22H21FO5. The van der Waals surface area contributed by atoms with Crippen LogP contribution in [0.25, 0.3) is 12.2 Å². The first-order chi connectivity index (χ1) is 13.5. The summed E-state index contributed by atoms with van der Waals surface area (Å²) >= 11 is 0. The minimum atomic E-state index is -0.462. The second-order valence-corrected chi connectivity index (χ2v) is 5.56. The van der Waals surface area contributed by atoms with Gasteiger partial charge in [0.1, 0.15) is 17.3 Å². The van der Waals surface area contributed by atoms with E-state index >= 15 is 0 Å². The number of esters is 2. The number of ether oxygens (including phenoxy) is 3. The van der Waals surface area contributed by atoms with Crippen molar-refractivity contribution in [1.29, 1.82) is 0 Å². The predicted octanol–water partition coefficient (Wildman–Crippen LogP) is 4.77. The molecule has 0 fully saturated rings. The third-order valence-electron chi connectivity index (χ3n) is 3.40. The highest BCUT2D eigenvalue weighted by Gasteiger charge is 2.04. The van der Waals surface area contributed by atoms with Crippen LogP contribution >= 0.6 is 0 Å². The minimum Gasteiger partial charge on any atom is -0.463 e. The molecule has 0 aliphatic heterocycles. The fourth-order valence-corrected chi connectivity index (χ4v) is 2.25. The minimum absolute atomic E-state index is 0.282. The van der Waals surface area contributed by atoms with E-state index in [2.05, 4.69) is 0 Å². The first-order valence-electron chi connectivity index (χ1n) is 8.78. The van der Waals surface area contributed by atoms with Crippen molar-refractivity contribution in [2.24, 2.45) is 0 Å². The van der Waals surface area contributed by atoms with Crippen molar-refractivity contribution in [3.63, 3.8) is 0 Å². The number of carbonyl (C=O) groups is 2. The first kappa shape index (κ1) is 20.9. The van der Waals surface area contributed by atoms with Crippen molar-refractivity contribution >= 4 is 24.1 Å². The van der Waals surface area contributed by atoms with E-state index in [4.69, 9.17) is 14.2 Å². The smallest absolute Gasteiger partial charge is 0.330 e. The zero-order valence-electron chi connectivity index (χ0n) is 15.7. The fraction of sp³-hybridized carbons (Fsp3) is 0.182. The van der Waals surface area contributed by atoms with Gasteiger partial charge in [-0.1, -0.05) is 0 Å². The molecule has 0 heterocycles. The Morgan fingerprint density at radius 1 is 0.821 bits per heavy atom. The fourth-order valence-electron chi connectivity index (χ4n) is 2.25. The van der Waals surface area contributed by atoms with E-state index in [1.54, 1.807) is 44.2 Å². The van der Waals surface area contributed by atoms with Crippen LogP contribution in [0.2, 0.25) is 0 Å². The van der Waals surface area contributed by atoms with E-state index in [9.17, 15) is 14.0 Å². The quantitative estimate of drug-likeness (QED) is 0.485. The molecule has 0 aliphatic rings. The number of benzene rings is 2. The standard InChI is InChI=1S/C22H21FO5/c1-3-26-21(24)11-5-16-13-17(6-12-22(25)27-4-2)15-20(14-16)28-19-9-7-18(23)8-10-19/h5-15H,3-4H2,1-2H3. The Bertz CT molecular complexity index is 823. The lowest BCUT2D eigenvalue weighted by atomic mass is 10.1. The number of halogens is 1. The van der Waals surface area contributed by atoms with Crippen LogP contribution in [-0.2, 0) is 19.1 Å². The van der Waals surface area contributed by atoms with Gasteiger partial charge in [-0.3, -0.25) is 0 Å². The van der Waals surface area contributed by atoms with E-state index in [-0.39, 0.29) is 19.0 Å². The van der Waals surface area contributed by atoms with Gasteiger partial charge in [0.05, 0.1) is 13.2 Å². The molecule has 0 saturated carbocycles. The average molecular weight is 384 g/mol. The van der Waals surface area contributed by atoms with Crippen molar-refractivity contribution in [2.45, 2.75) is 13.8 Å². The molecule has 0 saturated heterocycles. The van der Waals surface area contributed by atoms with Gasteiger partial charge in [-0.2, -0.15) is 0 Å². The maximum atomic E-state index is 13.1. The molecule has 0 aromatic heterocycles. The van der Waals surface area contributed by atoms with Crippen LogP contribution in [0.4, 0.5) is 4.39 Å². The van der Waals surface area contributed by atoms with Gasteiger partial charge in [-0.05, 0) is 79.6 Å². The largest absolute Gasteiger partial charge is 0.463 e. The number of hydrogen-bond acceptors (Lipinski definition) is 5. The Labute approximate surface area is 163 Å². The van der Waals surface area contributed by atoms with E-state index in [1.807, 2.05) is 0 Å². The molecule has 2 rings (SSSR count). The molecule has 0 aliphatic carbocycles. The van der Waals surface area contributed by atoms with Crippen molar-refractivity contribution in [3.05, 3.63) is 71.6 Å². The van der Waals surface area contributed by atoms with Gasteiger partial charge in [-0.25, -0.2) is 14.0 Å². The second kappa shape index (κ2) is 10.7. The van der Waals surface area contributed by atoms with Gasteiger partial charge in [0.15, 0.2) is 0 Å². The molecule has 2 aromatic rings. The van der Waals surface area contributed by atoms with E-state index in [1.165, 1.54) is 36.4 Å². The molecule has 0 unspecified atom stereocenters. The van der Waals surface area contributed by atoms with E-state index < -0.39 is 11.9 Å². The van der Waals surface area contributed by atoms with Gasteiger partial charge < -0.3 is 14.2 Å². The van der Waals surface area contributed by atoms with Crippen LogP contribution in [0, 0.1) is 5.82 Å². The van der Waals surface area contributed by atoms with Gasteiger partial charge in [0, 0.05) is 12.2 Å². The van der Waals surface area contributed by atoms with Crippen molar-refractivity contribution in [3.8, 4) is 11.5 Å². The molecule has 5 nitrogen and oxygen atoms in total. The van der Waals surface area contributed by atoms with Crippen molar-refractivity contribution < 1.29 is 28.2 Å². The summed E-state index contributed by atoms with van der Waals surface area (Å²) in [4.78, 5) is 23.1. The molecule has 0 amide bonds. The van der Waals surface area contributed by atoms with Gasteiger partial charge >= 0.3 is 11.9 Å². The highest BCUT2D eigenvalue weighted by molar-refractivity contribution is 5.88. The number of carbonyl (C=O) groups excluding carboxylic acids is 2. The Kier molecular flexibility index (Phi) is 7.96. The summed E-state index contributed by atoms with van der Waals surface area (Å²) in [6, 6.07) is 10.8. The molecule has 0 spiro atoms. The molecule has 0 radical (unpaired) electrons. The molecular weight excluding hydrogens is 363 g/mol. The number of rotatable bonds is 8. The molecule has 0 bridgehead atoms. The Balaban J connectivity index is 2.29. The maximum absolute atomic E-state index is 13.1. The molecule has 0 N–H and O–H groups in total. The van der Waals surface area contributed by atoms with Crippen molar-refractivity contribution in [1.82, 2.24) is 0 Å². The van der Waals surface area contributed by atoms with Crippen LogP contribution in [0.3, 0.4) is 0 Å². The van der Waals surface area contributed by atoms with Gasteiger partial charge in [-0.15, -0.1) is 0 Å². The summed E-state index contributed by atoms with van der Waals surface area (Å²) in [7, 11) is 0. The molecule has 6 heteroatoms. The number of hydrogen-bond donors (Lipinski definition) is 0. The molecule has 0 atom stereocenters. The highest BCUT2D eigenvalue weighted by atomic mass is 19.1. The lowest BCUT2D eigenvalue weighted by Gasteiger charge is -2.08. The Morgan fingerprint density at radius 2 is 1.32 bits per heavy atom. The van der Waals surface area contributed by atoms with Crippen molar-refractivity contribution in [2.75, 3.05) is 13.2 Å². The predicted molar refractivity (Wildman–Crippen MR) is 104 cm³/mol. The average Bonchev–Trinajstić information content (AvgIpc) is 2.67. The van der Waals surface area contributed by atoms with Crippen LogP contribution in [-0.4, -0.2) is 25.2 Å². The summed E-state index contributed by atoms with van der Waals surface area (Å²) in [6.07, 6.45) is 5.77. The zero-order valence-corrected chi connectivity index (χ0v) is 15.7. The monoisotopic (exact) mass is 384 g/mol. The maximum Gasteiger partial charge on any atom is 0.330 e. The molecule has 146 valence electrons. The normalized spacial score (nSPS) is 11.0. The van der Waals surface area contributed by atoms with Crippen LogP contribution in [0.5, 0.6) is 11.5 Å². The lowest BCUT2D eigenvalue weighted by Crippen LogP contribution is -1.99. The Hall–Kier alpha value is -3.41. The molecule has 28 heavy (non-hydrogen) atoms. The highest BCUT2D eigenvalue weighted by Crippen LogP contribution is 2.25. The zero-order chi connectivity index (χ0) is 20.4. The Morgan fingerprint density at radius 3 is 1.79 bits per heavy atom. The van der Waals surface area contributed by atoms with Crippen LogP contribution in [0.1, 0.15) is 25.0 Å². The van der Waals surface area contributed by atoms with Gasteiger partial charge in [0.2, 0.25) is 0 Å². The summed E-state index contributed by atoms with van der Waals surface area (Å²) < 4.78 is 28.6. The van der Waals surface area contributed by atoms with Crippen LogP contribution in [0.15, 0.2) is 54.6 Å². The van der Waals surface area contributed by atoms with Gasteiger partial charge in [0.25, 0.3) is 0 Å². The molecule has 2 aromatic carbocycles. The second-order valence-electron chi connectivity index (χ2n) is 5.56. The SMILES string of the molecule is CCOC(=O)C=Cc1cc(C=CC(=O)OCC)cc(Oc2ccc(F)cc2)c1. The summed E-state index contributed by atoms with van der Waals surface area (Å²) in [5, 5.41) is 0. The third kappa shape index (κ3) is 7.07. The summed E-state index contributed by atoms with van der Waals surface area (Å²) in [5.74, 6) is -0.377. The van der Waals surface area contributed by atoms with E-state index in [0.29, 0.717) is 22.6 Å². The summed E-state index contributed by atoms with van der Waals surface area (Å²) in [6.45, 7) is 4.01. The van der Waals surface area contributed by atoms with E-state index in [0.717, 1.165) is 0 Å².